The van der Waals surface area contributed by atoms with Crippen molar-refractivity contribution >= 4 is 18.4 Å². The van der Waals surface area contributed by atoms with E-state index in [0.717, 1.165) is 38.4 Å². The Morgan fingerprint density at radius 2 is 1.89 bits per heavy atom. The number of amides is 2. The minimum absolute atomic E-state index is 0. The molecule has 1 saturated heterocycles. The third-order valence-electron chi connectivity index (χ3n) is 3.96. The van der Waals surface area contributed by atoms with Crippen molar-refractivity contribution in [2.45, 2.75) is 38.6 Å². The second-order valence-corrected chi connectivity index (χ2v) is 5.41. The highest BCUT2D eigenvalue weighted by Gasteiger charge is 2.26. The number of carbonyl (C=O) groups excluding carboxylic acids is 1. The molecule has 0 atom stereocenters. The number of nitrogens with zero attached hydrogens (tertiary/aromatic N) is 2. The number of rotatable bonds is 4. The van der Waals surface area contributed by atoms with Gasteiger partial charge in [-0.2, -0.15) is 0 Å². The molecule has 4 nitrogen and oxygen atoms in total. The maximum Gasteiger partial charge on any atom is 0.319 e. The van der Waals surface area contributed by atoms with Crippen molar-refractivity contribution in [1.82, 2.24) is 15.1 Å². The summed E-state index contributed by atoms with van der Waals surface area (Å²) in [6.07, 6.45) is 5.03. The number of carbonyl (C=O) groups is 1. The summed E-state index contributed by atoms with van der Waals surface area (Å²) in [6.45, 7) is 5.81. The maximum atomic E-state index is 11.9. The summed E-state index contributed by atoms with van der Waals surface area (Å²) in [5.41, 5.74) is 0. The molecule has 0 spiro atoms. The third-order valence-corrected chi connectivity index (χ3v) is 3.96. The average Bonchev–Trinajstić information content (AvgIpc) is 3.19. The molecule has 2 rings (SSSR count). The fourth-order valence-corrected chi connectivity index (χ4v) is 2.31. The summed E-state index contributed by atoms with van der Waals surface area (Å²) in [4.78, 5) is 15.7. The second-order valence-electron chi connectivity index (χ2n) is 5.41. The van der Waals surface area contributed by atoms with Gasteiger partial charge in [-0.25, -0.2) is 4.79 Å². The number of likely N-dealkylation sites (tertiary alicyclic amines) is 1. The van der Waals surface area contributed by atoms with Crippen molar-refractivity contribution < 1.29 is 4.79 Å². The first-order valence-corrected chi connectivity index (χ1v) is 6.94. The van der Waals surface area contributed by atoms with Gasteiger partial charge in [-0.1, -0.05) is 0 Å². The van der Waals surface area contributed by atoms with Gasteiger partial charge in [0.1, 0.15) is 0 Å². The summed E-state index contributed by atoms with van der Waals surface area (Å²) >= 11 is 0. The van der Waals surface area contributed by atoms with Crippen molar-refractivity contribution in [2.75, 3.05) is 33.2 Å². The normalized spacial score (nSPS) is 20.4. The fraction of sp³-hybridized carbons (Fsp3) is 0.923. The van der Waals surface area contributed by atoms with E-state index in [0.29, 0.717) is 6.04 Å². The predicted octanol–water partition coefficient (Wildman–Crippen LogP) is 1.94. The zero-order valence-corrected chi connectivity index (χ0v) is 12.3. The van der Waals surface area contributed by atoms with Crippen LogP contribution < -0.4 is 5.32 Å². The Labute approximate surface area is 116 Å². The molecular weight excluding hydrogens is 250 g/mol. The summed E-state index contributed by atoms with van der Waals surface area (Å²) in [6, 6.07) is 0.819. The van der Waals surface area contributed by atoms with Crippen molar-refractivity contribution in [3.05, 3.63) is 0 Å². The van der Waals surface area contributed by atoms with Crippen molar-refractivity contribution in [2.24, 2.45) is 5.92 Å². The van der Waals surface area contributed by atoms with Crippen LogP contribution >= 0.6 is 12.4 Å². The molecule has 2 aliphatic rings. The van der Waals surface area contributed by atoms with E-state index >= 15 is 0 Å². The van der Waals surface area contributed by atoms with E-state index in [2.05, 4.69) is 5.32 Å². The van der Waals surface area contributed by atoms with E-state index in [9.17, 15) is 4.79 Å². The second kappa shape index (κ2) is 7.19. The number of halogens is 1. The van der Waals surface area contributed by atoms with Crippen LogP contribution in [0.1, 0.15) is 32.6 Å². The topological polar surface area (TPSA) is 35.6 Å². The van der Waals surface area contributed by atoms with Crippen LogP contribution in [0.3, 0.4) is 0 Å². The number of nitrogens with one attached hydrogen (secondary N) is 1. The van der Waals surface area contributed by atoms with E-state index in [4.69, 9.17) is 0 Å². The summed E-state index contributed by atoms with van der Waals surface area (Å²) < 4.78 is 0. The molecule has 0 radical (unpaired) electrons. The minimum atomic E-state index is 0. The lowest BCUT2D eigenvalue weighted by Gasteiger charge is -2.34. The fourth-order valence-electron chi connectivity index (χ4n) is 2.31. The van der Waals surface area contributed by atoms with Crippen LogP contribution in [0.4, 0.5) is 4.79 Å². The van der Waals surface area contributed by atoms with Crippen LogP contribution in [-0.4, -0.2) is 55.1 Å². The van der Waals surface area contributed by atoms with Crippen LogP contribution in [0.2, 0.25) is 0 Å². The molecule has 18 heavy (non-hydrogen) atoms. The Bertz CT molecular complexity index is 263. The highest BCUT2D eigenvalue weighted by Crippen LogP contribution is 2.28. The molecule has 0 aromatic heterocycles. The molecule has 0 aromatic rings. The molecule has 1 N–H and O–H groups in total. The van der Waals surface area contributed by atoms with E-state index < -0.39 is 0 Å². The summed E-state index contributed by atoms with van der Waals surface area (Å²) in [5, 5.41) is 3.63. The number of hydrogen-bond donors (Lipinski definition) is 1. The predicted molar refractivity (Wildman–Crippen MR) is 76.3 cm³/mol. The van der Waals surface area contributed by atoms with E-state index in [1.807, 2.05) is 18.9 Å². The first-order valence-electron chi connectivity index (χ1n) is 6.94. The van der Waals surface area contributed by atoms with E-state index in [1.54, 1.807) is 4.90 Å². The average molecular weight is 276 g/mol. The molecule has 1 saturated carbocycles. The van der Waals surface area contributed by atoms with Gasteiger partial charge in [-0.05, 0) is 45.1 Å². The van der Waals surface area contributed by atoms with Gasteiger partial charge >= 0.3 is 6.03 Å². The van der Waals surface area contributed by atoms with Crippen molar-refractivity contribution in [3.63, 3.8) is 0 Å². The molecule has 0 aromatic carbocycles. The first-order chi connectivity index (χ1) is 8.20. The van der Waals surface area contributed by atoms with Gasteiger partial charge in [-0.3, -0.25) is 0 Å². The first kappa shape index (κ1) is 15.6. The number of urea groups is 1. The molecule has 5 heteroatoms. The zero-order valence-electron chi connectivity index (χ0n) is 11.5. The summed E-state index contributed by atoms with van der Waals surface area (Å²) in [7, 11) is 1.87. The quantitative estimate of drug-likeness (QED) is 0.851. The van der Waals surface area contributed by atoms with E-state index in [1.165, 1.54) is 19.4 Å². The highest BCUT2D eigenvalue weighted by molar-refractivity contribution is 5.85. The van der Waals surface area contributed by atoms with E-state index in [-0.39, 0.29) is 18.4 Å². The van der Waals surface area contributed by atoms with Crippen LogP contribution in [0, 0.1) is 5.92 Å². The molecule has 0 bridgehead atoms. The lowest BCUT2D eigenvalue weighted by atomic mass is 10.1. The van der Waals surface area contributed by atoms with Gasteiger partial charge in [0.15, 0.2) is 0 Å². The van der Waals surface area contributed by atoms with Gasteiger partial charge in [0.25, 0.3) is 0 Å². The van der Waals surface area contributed by atoms with Gasteiger partial charge in [0.2, 0.25) is 0 Å². The standard InChI is InChI=1S/C13H25N3O.ClH/c1-3-15(2)13(17)16-8-6-12(7-9-16)14-10-11-4-5-11;/h11-12,14H,3-10H2,1-2H3;1H. The zero-order chi connectivity index (χ0) is 12.3. The smallest absolute Gasteiger partial charge is 0.319 e. The molecule has 2 fully saturated rings. The van der Waals surface area contributed by atoms with Crippen molar-refractivity contribution in [1.29, 1.82) is 0 Å². The lowest BCUT2D eigenvalue weighted by Crippen LogP contribution is -2.49. The minimum Gasteiger partial charge on any atom is -0.328 e. The van der Waals surface area contributed by atoms with Crippen LogP contribution in [-0.2, 0) is 0 Å². The summed E-state index contributed by atoms with van der Waals surface area (Å²) in [5.74, 6) is 0.945. The monoisotopic (exact) mass is 275 g/mol. The Morgan fingerprint density at radius 3 is 2.39 bits per heavy atom. The SMILES string of the molecule is CCN(C)C(=O)N1CCC(NCC2CC2)CC1.Cl. The van der Waals surface area contributed by atoms with Gasteiger partial charge in [0, 0.05) is 32.7 Å². The maximum absolute atomic E-state index is 11.9. The Kier molecular flexibility index (Phi) is 6.22. The van der Waals surface area contributed by atoms with Crippen molar-refractivity contribution in [3.8, 4) is 0 Å². The number of hydrogen-bond acceptors (Lipinski definition) is 2. The molecule has 2 amide bonds. The van der Waals surface area contributed by atoms with Crippen LogP contribution in [0.5, 0.6) is 0 Å². The van der Waals surface area contributed by atoms with Gasteiger partial charge in [-0.15, -0.1) is 12.4 Å². The molecule has 0 unspecified atom stereocenters. The lowest BCUT2D eigenvalue weighted by molar-refractivity contribution is 0.147. The van der Waals surface area contributed by atoms with Gasteiger partial charge in [0.05, 0.1) is 0 Å². The number of piperidine rings is 1. The Hall–Kier alpha value is -0.480. The van der Waals surface area contributed by atoms with Gasteiger partial charge < -0.3 is 15.1 Å². The Morgan fingerprint density at radius 1 is 1.28 bits per heavy atom. The van der Waals surface area contributed by atoms with Crippen LogP contribution in [0.15, 0.2) is 0 Å². The molecular formula is C13H26ClN3O. The molecule has 1 aliphatic heterocycles. The molecule has 106 valence electrons. The largest absolute Gasteiger partial charge is 0.328 e. The third kappa shape index (κ3) is 4.32. The molecule has 1 aliphatic carbocycles. The highest BCUT2D eigenvalue weighted by atomic mass is 35.5. The molecule has 1 heterocycles. The Balaban J connectivity index is 0.00000162. The van der Waals surface area contributed by atoms with Crippen LogP contribution in [0.25, 0.3) is 0 Å².